The molecule has 0 radical (unpaired) electrons. The van der Waals surface area contributed by atoms with Crippen LogP contribution in [0.15, 0.2) is 0 Å². The van der Waals surface area contributed by atoms with E-state index in [0.29, 0.717) is 18.4 Å². The summed E-state index contributed by atoms with van der Waals surface area (Å²) in [5.74, 6) is 0.410. The molecule has 0 bridgehead atoms. The summed E-state index contributed by atoms with van der Waals surface area (Å²) < 4.78 is 0. The monoisotopic (exact) mass is 182 g/mol. The highest BCUT2D eigenvalue weighted by atomic mass is 16.3. The van der Waals surface area contributed by atoms with Crippen molar-refractivity contribution in [2.75, 3.05) is 13.2 Å². The highest BCUT2D eigenvalue weighted by Crippen LogP contribution is 2.23. The molecule has 2 atom stereocenters. The van der Waals surface area contributed by atoms with E-state index in [0.717, 1.165) is 19.4 Å². The molecule has 1 saturated carbocycles. The maximum absolute atomic E-state index is 9.11. The van der Waals surface area contributed by atoms with E-state index in [4.69, 9.17) is 10.4 Å². The number of nitrogens with zero attached hydrogens (tertiary/aromatic N) is 1. The van der Waals surface area contributed by atoms with E-state index in [-0.39, 0.29) is 6.61 Å². The maximum atomic E-state index is 9.11. The van der Waals surface area contributed by atoms with Gasteiger partial charge in [0.1, 0.15) is 0 Å². The first-order chi connectivity index (χ1) is 6.38. The highest BCUT2D eigenvalue weighted by molar-refractivity contribution is 4.82. The van der Waals surface area contributed by atoms with Crippen LogP contribution >= 0.6 is 0 Å². The zero-order chi connectivity index (χ0) is 9.52. The van der Waals surface area contributed by atoms with Crippen LogP contribution in [0, 0.1) is 17.2 Å². The Balaban J connectivity index is 2.24. The van der Waals surface area contributed by atoms with Gasteiger partial charge < -0.3 is 10.4 Å². The van der Waals surface area contributed by atoms with E-state index in [2.05, 4.69) is 11.4 Å². The lowest BCUT2D eigenvalue weighted by Crippen LogP contribution is -2.40. The second-order valence-corrected chi connectivity index (χ2v) is 3.70. The minimum absolute atomic E-state index is 0.282. The van der Waals surface area contributed by atoms with Gasteiger partial charge in [-0.3, -0.25) is 0 Å². The van der Waals surface area contributed by atoms with Gasteiger partial charge in [-0.2, -0.15) is 5.26 Å². The van der Waals surface area contributed by atoms with Crippen LogP contribution in [0.1, 0.15) is 32.1 Å². The van der Waals surface area contributed by atoms with Gasteiger partial charge in [0.25, 0.3) is 0 Å². The lowest BCUT2D eigenvalue weighted by Gasteiger charge is -2.30. The molecule has 0 spiro atoms. The average Bonchev–Trinajstić information content (AvgIpc) is 2.19. The van der Waals surface area contributed by atoms with Crippen LogP contribution in [-0.2, 0) is 0 Å². The van der Waals surface area contributed by atoms with E-state index in [1.807, 2.05) is 0 Å². The van der Waals surface area contributed by atoms with Crippen molar-refractivity contribution in [1.29, 1.82) is 5.26 Å². The zero-order valence-corrected chi connectivity index (χ0v) is 8.00. The van der Waals surface area contributed by atoms with Gasteiger partial charge in [-0.25, -0.2) is 0 Å². The molecule has 0 heterocycles. The Hall–Kier alpha value is -0.590. The largest absolute Gasteiger partial charge is 0.396 e. The molecule has 0 aromatic carbocycles. The number of aliphatic hydroxyl groups excluding tert-OH is 1. The Morgan fingerprint density at radius 2 is 2.15 bits per heavy atom. The summed E-state index contributed by atoms with van der Waals surface area (Å²) in [5, 5.41) is 20.8. The van der Waals surface area contributed by atoms with Gasteiger partial charge in [0.2, 0.25) is 0 Å². The Morgan fingerprint density at radius 1 is 1.38 bits per heavy atom. The summed E-state index contributed by atoms with van der Waals surface area (Å²) in [6.07, 6.45) is 5.33. The lowest BCUT2D eigenvalue weighted by atomic mass is 9.85. The molecule has 1 aliphatic rings. The summed E-state index contributed by atoms with van der Waals surface area (Å²) in [6, 6.07) is 2.55. The Morgan fingerprint density at radius 3 is 2.85 bits per heavy atom. The van der Waals surface area contributed by atoms with E-state index in [9.17, 15) is 0 Å². The van der Waals surface area contributed by atoms with E-state index in [1.165, 1.54) is 12.8 Å². The van der Waals surface area contributed by atoms with Gasteiger partial charge in [-0.15, -0.1) is 0 Å². The summed E-state index contributed by atoms with van der Waals surface area (Å²) >= 11 is 0. The predicted octanol–water partition coefficient (Wildman–Crippen LogP) is 1.04. The molecule has 0 saturated heterocycles. The third kappa shape index (κ3) is 3.33. The van der Waals surface area contributed by atoms with Crippen molar-refractivity contribution in [2.24, 2.45) is 5.92 Å². The second-order valence-electron chi connectivity index (χ2n) is 3.70. The van der Waals surface area contributed by atoms with Crippen LogP contribution in [0.4, 0.5) is 0 Å². The fourth-order valence-corrected chi connectivity index (χ4v) is 2.01. The fourth-order valence-electron chi connectivity index (χ4n) is 2.01. The van der Waals surface area contributed by atoms with E-state index < -0.39 is 0 Å². The molecule has 2 N–H and O–H groups in total. The molecule has 0 aromatic heterocycles. The van der Waals surface area contributed by atoms with Gasteiger partial charge in [0, 0.05) is 25.6 Å². The summed E-state index contributed by atoms with van der Waals surface area (Å²) in [7, 11) is 0. The average molecular weight is 182 g/mol. The van der Waals surface area contributed by atoms with Gasteiger partial charge in [-0.1, -0.05) is 12.8 Å². The van der Waals surface area contributed by atoms with Crippen LogP contribution in [0.5, 0.6) is 0 Å². The molecule has 1 aliphatic carbocycles. The third-order valence-corrected chi connectivity index (χ3v) is 2.79. The summed E-state index contributed by atoms with van der Waals surface area (Å²) in [5.41, 5.74) is 0. The number of nitrogens with one attached hydrogen (secondary N) is 1. The van der Waals surface area contributed by atoms with Gasteiger partial charge >= 0.3 is 0 Å². The molecule has 3 heteroatoms. The Kier molecular flexibility index (Phi) is 4.81. The van der Waals surface area contributed by atoms with Gasteiger partial charge in [0.15, 0.2) is 0 Å². The second kappa shape index (κ2) is 5.95. The highest BCUT2D eigenvalue weighted by Gasteiger charge is 2.23. The topological polar surface area (TPSA) is 56.0 Å². The van der Waals surface area contributed by atoms with E-state index in [1.54, 1.807) is 0 Å². The van der Waals surface area contributed by atoms with Crippen LogP contribution in [-0.4, -0.2) is 24.3 Å². The van der Waals surface area contributed by atoms with Gasteiger partial charge in [-0.05, 0) is 18.8 Å². The molecule has 1 fully saturated rings. The first-order valence-electron chi connectivity index (χ1n) is 5.09. The molecule has 3 nitrogen and oxygen atoms in total. The third-order valence-electron chi connectivity index (χ3n) is 2.79. The van der Waals surface area contributed by atoms with Crippen LogP contribution in [0.3, 0.4) is 0 Å². The zero-order valence-electron chi connectivity index (χ0n) is 8.00. The van der Waals surface area contributed by atoms with Crippen molar-refractivity contribution in [2.45, 2.75) is 38.1 Å². The van der Waals surface area contributed by atoms with E-state index >= 15 is 0 Å². The SMILES string of the molecule is N#CCCNC1CCCCC1CO. The Labute approximate surface area is 79.8 Å². The van der Waals surface area contributed by atoms with Crippen molar-refractivity contribution in [3.05, 3.63) is 0 Å². The lowest BCUT2D eigenvalue weighted by molar-refractivity contribution is 0.154. The molecular weight excluding hydrogens is 164 g/mol. The molecule has 13 heavy (non-hydrogen) atoms. The number of rotatable bonds is 4. The van der Waals surface area contributed by atoms with Gasteiger partial charge in [0.05, 0.1) is 6.07 Å². The summed E-state index contributed by atoms with van der Waals surface area (Å²) in [6.45, 7) is 1.04. The normalized spacial score (nSPS) is 28.3. The minimum atomic E-state index is 0.282. The standard InChI is InChI=1S/C10H18N2O/c11-6-3-7-12-10-5-2-1-4-9(10)8-13/h9-10,12-13H,1-5,7-8H2. The van der Waals surface area contributed by atoms with Crippen molar-refractivity contribution < 1.29 is 5.11 Å². The molecule has 0 aromatic rings. The van der Waals surface area contributed by atoms with Crippen LogP contribution < -0.4 is 5.32 Å². The van der Waals surface area contributed by atoms with Crippen LogP contribution in [0.2, 0.25) is 0 Å². The number of aliphatic hydroxyl groups is 1. The fraction of sp³-hybridized carbons (Fsp3) is 0.900. The quantitative estimate of drug-likeness (QED) is 0.639. The molecular formula is C10H18N2O. The van der Waals surface area contributed by atoms with Crippen molar-refractivity contribution in [3.63, 3.8) is 0 Å². The molecule has 1 rings (SSSR count). The maximum Gasteiger partial charge on any atom is 0.0635 e. The molecule has 0 amide bonds. The predicted molar refractivity (Wildman–Crippen MR) is 51.1 cm³/mol. The minimum Gasteiger partial charge on any atom is -0.396 e. The van der Waals surface area contributed by atoms with Crippen LogP contribution in [0.25, 0.3) is 0 Å². The number of hydrogen-bond donors (Lipinski definition) is 2. The van der Waals surface area contributed by atoms with Crippen molar-refractivity contribution >= 4 is 0 Å². The number of hydrogen-bond acceptors (Lipinski definition) is 3. The Bertz CT molecular complexity index is 176. The van der Waals surface area contributed by atoms with Crippen molar-refractivity contribution in [3.8, 4) is 6.07 Å². The molecule has 74 valence electrons. The first-order valence-corrected chi connectivity index (χ1v) is 5.09. The summed E-state index contributed by atoms with van der Waals surface area (Å²) in [4.78, 5) is 0. The molecule has 0 aliphatic heterocycles. The first kappa shape index (κ1) is 10.5. The van der Waals surface area contributed by atoms with Crippen molar-refractivity contribution in [1.82, 2.24) is 5.32 Å². The molecule has 2 unspecified atom stereocenters. The smallest absolute Gasteiger partial charge is 0.0635 e. The number of nitriles is 1.